The van der Waals surface area contributed by atoms with E-state index < -0.39 is 0 Å². The highest BCUT2D eigenvalue weighted by Crippen LogP contribution is 2.23. The Hall–Kier alpha value is -1.64. The van der Waals surface area contributed by atoms with Crippen LogP contribution in [0.25, 0.3) is 0 Å². The third kappa shape index (κ3) is 6.79. The maximum atomic E-state index is 13.8. The third-order valence-electron chi connectivity index (χ3n) is 4.06. The van der Waals surface area contributed by atoms with Crippen molar-refractivity contribution >= 4 is 29.9 Å². The lowest BCUT2D eigenvalue weighted by Crippen LogP contribution is -2.38. The fourth-order valence-electron chi connectivity index (χ4n) is 2.36. The minimum Gasteiger partial charge on any atom is -0.443 e. The predicted molar refractivity (Wildman–Crippen MR) is 118 cm³/mol. The average molecular weight is 488 g/mol. The van der Waals surface area contributed by atoms with E-state index in [1.165, 1.54) is 0 Å². The molecule has 1 unspecified atom stereocenters. The molecular weight excluding hydrogens is 458 g/mol. The Kier molecular flexibility index (Phi) is 8.71. The molecule has 1 aromatic heterocycles. The van der Waals surface area contributed by atoms with Gasteiger partial charge in [0.2, 0.25) is 5.89 Å². The summed E-state index contributed by atoms with van der Waals surface area (Å²) in [6.45, 7) is 13.0. The molecule has 0 saturated carbocycles. The summed E-state index contributed by atoms with van der Waals surface area (Å²) >= 11 is 0. The molecule has 0 spiro atoms. The number of oxazole rings is 1. The second-order valence-electron chi connectivity index (χ2n) is 7.44. The highest BCUT2D eigenvalue weighted by atomic mass is 127. The lowest BCUT2D eigenvalue weighted by Gasteiger charge is -2.18. The Morgan fingerprint density at radius 3 is 2.59 bits per heavy atom. The number of nitrogens with one attached hydrogen (secondary N) is 2. The molecule has 2 N–H and O–H groups in total. The summed E-state index contributed by atoms with van der Waals surface area (Å²) in [4.78, 5) is 8.82. The van der Waals surface area contributed by atoms with Crippen LogP contribution in [0.2, 0.25) is 0 Å². The molecule has 0 bridgehead atoms. The molecule has 150 valence electrons. The van der Waals surface area contributed by atoms with Crippen LogP contribution >= 0.6 is 24.0 Å². The molecule has 0 aliphatic carbocycles. The number of aryl methyl sites for hydroxylation is 1. The quantitative estimate of drug-likeness (QED) is 0.359. The zero-order valence-corrected chi connectivity index (χ0v) is 19.2. The van der Waals surface area contributed by atoms with Gasteiger partial charge in [-0.1, -0.05) is 32.9 Å². The van der Waals surface area contributed by atoms with Crippen molar-refractivity contribution in [1.82, 2.24) is 15.6 Å². The van der Waals surface area contributed by atoms with Crippen LogP contribution in [0.3, 0.4) is 0 Å². The van der Waals surface area contributed by atoms with Gasteiger partial charge in [-0.05, 0) is 38.0 Å². The predicted octanol–water partition coefficient (Wildman–Crippen LogP) is 4.85. The molecule has 2 aromatic rings. The molecule has 27 heavy (non-hydrogen) atoms. The monoisotopic (exact) mass is 488 g/mol. The zero-order chi connectivity index (χ0) is 19.3. The highest BCUT2D eigenvalue weighted by Gasteiger charge is 2.19. The fourth-order valence-corrected chi connectivity index (χ4v) is 2.36. The van der Waals surface area contributed by atoms with Crippen molar-refractivity contribution in [3.05, 3.63) is 53.0 Å². The van der Waals surface area contributed by atoms with Gasteiger partial charge in [-0.3, -0.25) is 0 Å². The van der Waals surface area contributed by atoms with E-state index in [1.54, 1.807) is 25.3 Å². The van der Waals surface area contributed by atoms with Gasteiger partial charge < -0.3 is 15.1 Å². The van der Waals surface area contributed by atoms with Crippen molar-refractivity contribution in [3.8, 4) is 0 Å². The van der Waals surface area contributed by atoms with Crippen LogP contribution < -0.4 is 10.6 Å². The van der Waals surface area contributed by atoms with Gasteiger partial charge in [-0.25, -0.2) is 14.4 Å². The normalized spacial score (nSPS) is 13.1. The van der Waals surface area contributed by atoms with E-state index in [-0.39, 0.29) is 41.3 Å². The molecule has 7 heteroatoms. The van der Waals surface area contributed by atoms with Crippen LogP contribution in [-0.4, -0.2) is 17.5 Å². The maximum Gasteiger partial charge on any atom is 0.216 e. The Balaban J connectivity index is 0.00000364. The molecule has 1 heterocycles. The number of hydrogen-bond acceptors (Lipinski definition) is 3. The molecule has 1 atom stereocenters. The number of guanidine groups is 1. The minimum absolute atomic E-state index is 0. The Morgan fingerprint density at radius 2 is 2.04 bits per heavy atom. The molecule has 5 nitrogen and oxygen atoms in total. The van der Waals surface area contributed by atoms with Crippen molar-refractivity contribution in [2.24, 2.45) is 4.99 Å². The first-order valence-electron chi connectivity index (χ1n) is 8.96. The van der Waals surface area contributed by atoms with E-state index in [1.807, 2.05) is 19.9 Å². The van der Waals surface area contributed by atoms with Crippen LogP contribution in [0.5, 0.6) is 0 Å². The lowest BCUT2D eigenvalue weighted by molar-refractivity contribution is 0.383. The standard InChI is InChI=1S/C20H29FN4O.HI/c1-7-22-19(24-12-18-23-11-17(26-18)20(4,5)6)25-14(3)15-9-8-13(2)16(21)10-15;/h8-11,14H,7,12H2,1-6H3,(H2,22,24,25);1H. The van der Waals surface area contributed by atoms with E-state index in [0.717, 1.165) is 17.9 Å². The molecule has 1 aromatic carbocycles. The molecule has 0 aliphatic rings. The van der Waals surface area contributed by atoms with Gasteiger partial charge in [-0.15, -0.1) is 24.0 Å². The minimum atomic E-state index is -0.201. The molecule has 2 rings (SSSR count). The number of nitrogens with zero attached hydrogens (tertiary/aromatic N) is 2. The van der Waals surface area contributed by atoms with Gasteiger partial charge in [0.15, 0.2) is 5.96 Å². The number of aromatic nitrogens is 1. The van der Waals surface area contributed by atoms with E-state index in [4.69, 9.17) is 4.42 Å². The first-order chi connectivity index (χ1) is 12.2. The van der Waals surface area contributed by atoms with Crippen LogP contribution in [0.4, 0.5) is 4.39 Å². The first kappa shape index (κ1) is 23.4. The molecule has 0 saturated heterocycles. The summed E-state index contributed by atoms with van der Waals surface area (Å²) in [6, 6.07) is 5.18. The summed E-state index contributed by atoms with van der Waals surface area (Å²) in [5, 5.41) is 6.48. The molecule has 0 radical (unpaired) electrons. The Morgan fingerprint density at radius 1 is 1.33 bits per heavy atom. The van der Waals surface area contributed by atoms with Gasteiger partial charge in [0, 0.05) is 12.0 Å². The summed E-state index contributed by atoms with van der Waals surface area (Å²) in [7, 11) is 0. The number of rotatable bonds is 5. The molecule has 0 fully saturated rings. The number of benzene rings is 1. The van der Waals surface area contributed by atoms with E-state index in [9.17, 15) is 4.39 Å². The number of hydrogen-bond donors (Lipinski definition) is 2. The summed E-state index contributed by atoms with van der Waals surface area (Å²) in [5.74, 6) is 1.84. The van der Waals surface area contributed by atoms with Gasteiger partial charge in [0.1, 0.15) is 18.1 Å². The SMILES string of the molecule is CCNC(=NCc1ncc(C(C)(C)C)o1)NC(C)c1ccc(C)c(F)c1.I. The largest absolute Gasteiger partial charge is 0.443 e. The summed E-state index contributed by atoms with van der Waals surface area (Å²) in [6.07, 6.45) is 1.75. The second kappa shape index (κ2) is 10.1. The maximum absolute atomic E-state index is 13.8. The summed E-state index contributed by atoms with van der Waals surface area (Å²) < 4.78 is 19.6. The lowest BCUT2D eigenvalue weighted by atomic mass is 9.94. The highest BCUT2D eigenvalue weighted by molar-refractivity contribution is 14.0. The van der Waals surface area contributed by atoms with Gasteiger partial charge in [0.05, 0.1) is 12.2 Å². The number of halogens is 2. The first-order valence-corrected chi connectivity index (χ1v) is 8.96. The van der Waals surface area contributed by atoms with Crippen molar-refractivity contribution < 1.29 is 8.81 Å². The second-order valence-corrected chi connectivity index (χ2v) is 7.44. The van der Waals surface area contributed by atoms with E-state index in [0.29, 0.717) is 24.0 Å². The van der Waals surface area contributed by atoms with E-state index >= 15 is 0 Å². The van der Waals surface area contributed by atoms with Gasteiger partial charge >= 0.3 is 0 Å². The van der Waals surface area contributed by atoms with Crippen molar-refractivity contribution in [3.63, 3.8) is 0 Å². The van der Waals surface area contributed by atoms with Crippen molar-refractivity contribution in [2.75, 3.05) is 6.54 Å². The topological polar surface area (TPSA) is 62.5 Å². The zero-order valence-electron chi connectivity index (χ0n) is 16.9. The van der Waals surface area contributed by atoms with Crippen LogP contribution in [0.15, 0.2) is 33.8 Å². The van der Waals surface area contributed by atoms with Crippen LogP contribution in [-0.2, 0) is 12.0 Å². The third-order valence-corrected chi connectivity index (χ3v) is 4.06. The molecule has 0 aliphatic heterocycles. The van der Waals surface area contributed by atoms with Gasteiger partial charge in [-0.2, -0.15) is 0 Å². The molecular formula is C20H30FIN4O. The van der Waals surface area contributed by atoms with Crippen molar-refractivity contribution in [2.45, 2.75) is 59.5 Å². The van der Waals surface area contributed by atoms with Crippen molar-refractivity contribution in [1.29, 1.82) is 0 Å². The smallest absolute Gasteiger partial charge is 0.216 e. The van der Waals surface area contributed by atoms with Gasteiger partial charge in [0.25, 0.3) is 0 Å². The Labute approximate surface area is 178 Å². The van der Waals surface area contributed by atoms with E-state index in [2.05, 4.69) is 41.4 Å². The summed E-state index contributed by atoms with van der Waals surface area (Å²) in [5.41, 5.74) is 1.42. The van der Waals surface area contributed by atoms with Crippen LogP contribution in [0.1, 0.15) is 63.4 Å². The fraction of sp³-hybridized carbons (Fsp3) is 0.500. The van der Waals surface area contributed by atoms with Crippen LogP contribution in [0, 0.1) is 12.7 Å². The number of aliphatic imine (C=N–C) groups is 1. The molecule has 0 amide bonds. The Bertz CT molecular complexity index is 768. The average Bonchev–Trinajstić information content (AvgIpc) is 3.04.